The molecule has 0 spiro atoms. The van der Waals surface area contributed by atoms with Crippen LogP contribution in [-0.2, 0) is 16.2 Å². The summed E-state index contributed by atoms with van der Waals surface area (Å²) in [6, 6.07) is 12.6. The lowest BCUT2D eigenvalue weighted by Gasteiger charge is -2.14. The summed E-state index contributed by atoms with van der Waals surface area (Å²) in [7, 11) is -3.59. The minimum Gasteiger partial charge on any atom is -0.350 e. The lowest BCUT2D eigenvalue weighted by molar-refractivity contribution is -0.137. The van der Waals surface area contributed by atoms with Gasteiger partial charge >= 0.3 is 6.18 Å². The fourth-order valence-electron chi connectivity index (χ4n) is 3.21. The third-order valence-corrected chi connectivity index (χ3v) is 5.07. The number of carbonyl (C=O) groups is 1. The number of sulfonamides is 1. The average molecular weight is 450 g/mol. The van der Waals surface area contributed by atoms with Crippen LogP contribution in [0.15, 0.2) is 54.6 Å². The molecule has 0 radical (unpaired) electrons. The molecular formula is C22H21F3N2O3S. The maximum atomic E-state index is 12.9. The van der Waals surface area contributed by atoms with Crippen molar-refractivity contribution in [2.24, 2.45) is 0 Å². The molecule has 5 nitrogen and oxygen atoms in total. The van der Waals surface area contributed by atoms with Gasteiger partial charge in [-0.25, -0.2) is 8.42 Å². The average Bonchev–Trinajstić information content (AvgIpc) is 2.64. The molecule has 0 aliphatic heterocycles. The second kappa shape index (κ2) is 8.22. The van der Waals surface area contributed by atoms with Crippen LogP contribution < -0.4 is 10.0 Å². The Bertz CT molecular complexity index is 1240. The van der Waals surface area contributed by atoms with Gasteiger partial charge in [0.15, 0.2) is 0 Å². The molecule has 0 fully saturated rings. The zero-order chi connectivity index (χ0) is 23.0. The van der Waals surface area contributed by atoms with E-state index in [0.717, 1.165) is 18.4 Å². The van der Waals surface area contributed by atoms with Crippen LogP contribution in [0.3, 0.4) is 0 Å². The molecule has 1 amide bonds. The lowest BCUT2D eigenvalue weighted by atomic mass is 9.95. The number of benzene rings is 3. The number of hydrogen-bond acceptors (Lipinski definition) is 3. The Labute approximate surface area is 178 Å². The highest BCUT2D eigenvalue weighted by Crippen LogP contribution is 2.35. The number of carbonyl (C=O) groups excluding carboxylic acids is 1. The van der Waals surface area contributed by atoms with Gasteiger partial charge in [-0.05, 0) is 72.1 Å². The number of halogens is 3. The van der Waals surface area contributed by atoms with Crippen LogP contribution in [0.1, 0.15) is 29.8 Å². The molecule has 0 unspecified atom stereocenters. The van der Waals surface area contributed by atoms with Crippen LogP contribution in [0.25, 0.3) is 21.9 Å². The number of hydrogen-bond donors (Lipinski definition) is 2. The number of nitrogens with one attached hydrogen (secondary N) is 2. The maximum absolute atomic E-state index is 12.9. The van der Waals surface area contributed by atoms with E-state index >= 15 is 0 Å². The first-order chi connectivity index (χ1) is 14.3. The Morgan fingerprint density at radius 3 is 2.16 bits per heavy atom. The molecule has 164 valence electrons. The van der Waals surface area contributed by atoms with E-state index in [2.05, 4.69) is 10.0 Å². The maximum Gasteiger partial charge on any atom is 0.416 e. The molecule has 0 aliphatic rings. The van der Waals surface area contributed by atoms with Crippen molar-refractivity contribution in [2.75, 3.05) is 11.0 Å². The van der Waals surface area contributed by atoms with Gasteiger partial charge < -0.3 is 5.32 Å². The first-order valence-electron chi connectivity index (χ1n) is 9.37. The second-order valence-electron chi connectivity index (χ2n) is 7.54. The SMILES string of the molecule is CC(C)NC(=O)c1ccc2c(-c3ccc(C(F)(F)F)cc3)cc(NS(C)(=O)=O)cc2c1. The summed E-state index contributed by atoms with van der Waals surface area (Å²) < 4.78 is 64.6. The van der Waals surface area contributed by atoms with E-state index in [0.29, 0.717) is 27.5 Å². The summed E-state index contributed by atoms with van der Waals surface area (Å²) in [6.45, 7) is 3.66. The van der Waals surface area contributed by atoms with Crippen LogP contribution in [0, 0.1) is 0 Å². The van der Waals surface area contributed by atoms with Crippen molar-refractivity contribution in [2.45, 2.75) is 26.1 Å². The third kappa shape index (κ3) is 5.55. The minimum absolute atomic E-state index is 0.0656. The van der Waals surface area contributed by atoms with Crippen LogP contribution >= 0.6 is 0 Å². The molecule has 0 bridgehead atoms. The van der Waals surface area contributed by atoms with Gasteiger partial charge in [0.05, 0.1) is 11.8 Å². The molecule has 0 saturated heterocycles. The van der Waals surface area contributed by atoms with Gasteiger partial charge in [-0.3, -0.25) is 9.52 Å². The molecule has 0 aliphatic carbocycles. The Morgan fingerprint density at radius 2 is 1.61 bits per heavy atom. The van der Waals surface area contributed by atoms with Crippen molar-refractivity contribution in [3.8, 4) is 11.1 Å². The molecule has 2 N–H and O–H groups in total. The topological polar surface area (TPSA) is 75.3 Å². The van der Waals surface area contributed by atoms with Gasteiger partial charge in [-0.15, -0.1) is 0 Å². The highest BCUT2D eigenvalue weighted by molar-refractivity contribution is 7.92. The normalized spacial score (nSPS) is 12.2. The summed E-state index contributed by atoms with van der Waals surface area (Å²) in [5.41, 5.74) is 0.865. The van der Waals surface area contributed by atoms with Gasteiger partial charge in [0, 0.05) is 17.3 Å². The van der Waals surface area contributed by atoms with Crippen molar-refractivity contribution in [3.05, 3.63) is 65.7 Å². The highest BCUT2D eigenvalue weighted by atomic mass is 32.2. The minimum atomic E-state index is -4.46. The summed E-state index contributed by atoms with van der Waals surface area (Å²) in [4.78, 5) is 12.4. The lowest BCUT2D eigenvalue weighted by Crippen LogP contribution is -2.29. The highest BCUT2D eigenvalue weighted by Gasteiger charge is 2.30. The van der Waals surface area contributed by atoms with Crippen molar-refractivity contribution >= 4 is 32.4 Å². The molecule has 0 aromatic heterocycles. The number of anilines is 1. The summed E-state index contributed by atoms with van der Waals surface area (Å²) >= 11 is 0. The van der Waals surface area contributed by atoms with E-state index in [1.54, 1.807) is 30.3 Å². The number of rotatable bonds is 5. The van der Waals surface area contributed by atoms with E-state index in [-0.39, 0.29) is 17.6 Å². The van der Waals surface area contributed by atoms with Crippen LogP contribution in [0.5, 0.6) is 0 Å². The molecule has 0 heterocycles. The molecule has 0 atom stereocenters. The first kappa shape index (κ1) is 22.6. The van der Waals surface area contributed by atoms with Gasteiger partial charge in [0.1, 0.15) is 0 Å². The van der Waals surface area contributed by atoms with Gasteiger partial charge in [0.25, 0.3) is 5.91 Å². The molecule has 3 aromatic rings. The Morgan fingerprint density at radius 1 is 0.968 bits per heavy atom. The predicted octanol–water partition coefficient (Wildman–Crippen LogP) is 5.04. The molecule has 0 saturated carbocycles. The quantitative estimate of drug-likeness (QED) is 0.572. The smallest absolute Gasteiger partial charge is 0.350 e. The summed E-state index contributed by atoms with van der Waals surface area (Å²) in [5, 5.41) is 4.02. The van der Waals surface area contributed by atoms with Crippen LogP contribution in [-0.4, -0.2) is 26.6 Å². The zero-order valence-electron chi connectivity index (χ0n) is 17.0. The van der Waals surface area contributed by atoms with Gasteiger partial charge in [-0.1, -0.05) is 18.2 Å². The molecule has 3 aromatic carbocycles. The monoisotopic (exact) mass is 450 g/mol. The van der Waals surface area contributed by atoms with Gasteiger partial charge in [0.2, 0.25) is 10.0 Å². The summed E-state index contributed by atoms with van der Waals surface area (Å²) in [6.07, 6.45) is -3.46. The molecular weight excluding hydrogens is 429 g/mol. The van der Waals surface area contributed by atoms with E-state index < -0.39 is 21.8 Å². The number of fused-ring (bicyclic) bond motifs is 1. The fourth-order valence-corrected chi connectivity index (χ4v) is 3.75. The van der Waals surface area contributed by atoms with Crippen molar-refractivity contribution < 1.29 is 26.4 Å². The predicted molar refractivity (Wildman–Crippen MR) is 115 cm³/mol. The molecule has 31 heavy (non-hydrogen) atoms. The summed E-state index contributed by atoms with van der Waals surface area (Å²) in [5.74, 6) is -0.283. The Balaban J connectivity index is 2.17. The Kier molecular flexibility index (Phi) is 6.00. The number of amides is 1. The van der Waals surface area contributed by atoms with Gasteiger partial charge in [-0.2, -0.15) is 13.2 Å². The van der Waals surface area contributed by atoms with Crippen LogP contribution in [0.2, 0.25) is 0 Å². The van der Waals surface area contributed by atoms with E-state index in [1.165, 1.54) is 12.1 Å². The Hall–Kier alpha value is -3.07. The van der Waals surface area contributed by atoms with Crippen molar-refractivity contribution in [3.63, 3.8) is 0 Å². The van der Waals surface area contributed by atoms with E-state index in [4.69, 9.17) is 0 Å². The van der Waals surface area contributed by atoms with Crippen molar-refractivity contribution in [1.82, 2.24) is 5.32 Å². The first-order valence-corrected chi connectivity index (χ1v) is 11.3. The molecule has 9 heteroatoms. The zero-order valence-corrected chi connectivity index (χ0v) is 17.9. The van der Waals surface area contributed by atoms with E-state index in [1.807, 2.05) is 13.8 Å². The van der Waals surface area contributed by atoms with Crippen molar-refractivity contribution in [1.29, 1.82) is 0 Å². The van der Waals surface area contributed by atoms with E-state index in [9.17, 15) is 26.4 Å². The third-order valence-electron chi connectivity index (χ3n) is 4.46. The second-order valence-corrected chi connectivity index (χ2v) is 9.29. The van der Waals surface area contributed by atoms with Crippen LogP contribution in [0.4, 0.5) is 18.9 Å². The standard InChI is InChI=1S/C22H21F3N2O3S/c1-13(2)26-21(28)15-6-9-19-16(10-15)11-18(27-31(3,29)30)12-20(19)14-4-7-17(8-5-14)22(23,24)25/h4-13,27H,1-3H3,(H,26,28). The largest absolute Gasteiger partial charge is 0.416 e. The number of alkyl halides is 3. The molecule has 3 rings (SSSR count). The fraction of sp³-hybridized carbons (Fsp3) is 0.227.